The number of nitrogens with zero attached hydrogens (tertiary/aromatic N) is 3. The van der Waals surface area contributed by atoms with Crippen LogP contribution in [0.2, 0.25) is 10.0 Å². The second-order valence-corrected chi connectivity index (χ2v) is 8.10. The van der Waals surface area contributed by atoms with Crippen molar-refractivity contribution in [1.82, 2.24) is 14.6 Å². The van der Waals surface area contributed by atoms with E-state index in [1.54, 1.807) is 0 Å². The maximum atomic E-state index is 6.19. The normalized spacial score (nSPS) is 11.1. The molecule has 0 spiro atoms. The van der Waals surface area contributed by atoms with Crippen LogP contribution in [0.15, 0.2) is 84.9 Å². The van der Waals surface area contributed by atoms with Gasteiger partial charge in [-0.05, 0) is 42.8 Å². The summed E-state index contributed by atoms with van der Waals surface area (Å²) in [6.45, 7) is 1.99. The molecular weight excluding hydrogens is 427 g/mol. The van der Waals surface area contributed by atoms with Crippen LogP contribution in [0.3, 0.4) is 0 Å². The molecule has 0 saturated heterocycles. The quantitative estimate of drug-likeness (QED) is 0.313. The molecule has 152 valence electrons. The summed E-state index contributed by atoms with van der Waals surface area (Å²) in [6.07, 6.45) is 0. The smallest absolute Gasteiger partial charge is 0.166 e. The summed E-state index contributed by atoms with van der Waals surface area (Å²) in [5, 5.41) is 9.60. The molecule has 6 heteroatoms. The van der Waals surface area contributed by atoms with E-state index in [9.17, 15) is 0 Å². The number of hydrogen-bond acceptors (Lipinski definition) is 3. The van der Waals surface area contributed by atoms with E-state index in [4.69, 9.17) is 33.3 Å². The third-order valence-corrected chi connectivity index (χ3v) is 5.55. The third kappa shape index (κ3) is 3.88. The van der Waals surface area contributed by atoms with Gasteiger partial charge in [0.25, 0.3) is 0 Å². The van der Waals surface area contributed by atoms with Gasteiger partial charge in [-0.2, -0.15) is 9.61 Å². The lowest BCUT2D eigenvalue weighted by molar-refractivity contribution is 0.926. The van der Waals surface area contributed by atoms with Gasteiger partial charge in [0, 0.05) is 32.9 Å². The first-order chi connectivity index (χ1) is 15.1. The Hall–Kier alpha value is -3.34. The summed E-state index contributed by atoms with van der Waals surface area (Å²) in [4.78, 5) is 4.99. The number of rotatable bonds is 4. The van der Waals surface area contributed by atoms with Gasteiger partial charge in [0.1, 0.15) is 5.82 Å². The number of fused-ring (bicyclic) bond motifs is 1. The van der Waals surface area contributed by atoms with Crippen molar-refractivity contribution in [2.24, 2.45) is 0 Å². The van der Waals surface area contributed by atoms with Gasteiger partial charge < -0.3 is 5.32 Å². The maximum Gasteiger partial charge on any atom is 0.166 e. The van der Waals surface area contributed by atoms with E-state index in [-0.39, 0.29) is 0 Å². The van der Waals surface area contributed by atoms with E-state index in [2.05, 4.69) is 5.32 Å². The molecule has 0 fully saturated rings. The van der Waals surface area contributed by atoms with Gasteiger partial charge >= 0.3 is 0 Å². The predicted octanol–water partition coefficient (Wildman–Crippen LogP) is 7.42. The molecule has 4 nitrogen and oxygen atoms in total. The van der Waals surface area contributed by atoms with Crippen LogP contribution in [0.5, 0.6) is 0 Å². The Kier molecular flexibility index (Phi) is 5.10. The zero-order valence-corrected chi connectivity index (χ0v) is 18.2. The van der Waals surface area contributed by atoms with Crippen molar-refractivity contribution in [3.05, 3.63) is 101 Å². The van der Waals surface area contributed by atoms with Crippen molar-refractivity contribution in [3.63, 3.8) is 0 Å². The number of anilines is 2. The van der Waals surface area contributed by atoms with E-state index >= 15 is 0 Å². The molecule has 0 radical (unpaired) electrons. The molecule has 0 unspecified atom stereocenters. The first-order valence-electron chi connectivity index (χ1n) is 9.83. The van der Waals surface area contributed by atoms with E-state index in [1.807, 2.05) is 96.4 Å². The average molecular weight is 445 g/mol. The molecule has 31 heavy (non-hydrogen) atoms. The number of halogens is 2. The van der Waals surface area contributed by atoms with E-state index in [0.29, 0.717) is 10.0 Å². The monoisotopic (exact) mass is 444 g/mol. The van der Waals surface area contributed by atoms with Crippen LogP contribution < -0.4 is 5.32 Å². The standard InChI is InChI=1S/C25H18Cl2N4/c1-16-24(18-10-12-19(26)13-11-18)25-29-22(17-6-3-2-4-7-17)15-23(31(25)30-16)28-21-9-5-8-20(27)14-21/h2-15,28H,1H3. The molecule has 5 rings (SSSR count). The summed E-state index contributed by atoms with van der Waals surface area (Å²) in [7, 11) is 0. The Morgan fingerprint density at radius 1 is 0.774 bits per heavy atom. The van der Waals surface area contributed by atoms with Gasteiger partial charge in [0.15, 0.2) is 5.65 Å². The summed E-state index contributed by atoms with van der Waals surface area (Å²) >= 11 is 12.3. The first-order valence-corrected chi connectivity index (χ1v) is 10.6. The molecule has 3 aromatic carbocycles. The van der Waals surface area contributed by atoms with E-state index < -0.39 is 0 Å². The molecule has 0 aliphatic rings. The highest BCUT2D eigenvalue weighted by Gasteiger charge is 2.17. The lowest BCUT2D eigenvalue weighted by Crippen LogP contribution is -2.02. The second-order valence-electron chi connectivity index (χ2n) is 7.23. The second kappa shape index (κ2) is 8.06. The zero-order valence-electron chi connectivity index (χ0n) is 16.7. The van der Waals surface area contributed by atoms with Crippen molar-refractivity contribution < 1.29 is 0 Å². The largest absolute Gasteiger partial charge is 0.340 e. The van der Waals surface area contributed by atoms with Crippen LogP contribution in [0.1, 0.15) is 5.69 Å². The van der Waals surface area contributed by atoms with Crippen molar-refractivity contribution in [2.75, 3.05) is 5.32 Å². The van der Waals surface area contributed by atoms with Gasteiger partial charge in [-0.25, -0.2) is 4.98 Å². The van der Waals surface area contributed by atoms with Gasteiger partial charge in [-0.15, -0.1) is 0 Å². The minimum Gasteiger partial charge on any atom is -0.340 e. The minimum absolute atomic E-state index is 0.664. The fourth-order valence-corrected chi connectivity index (χ4v) is 3.95. The number of aromatic nitrogens is 3. The summed E-state index contributed by atoms with van der Waals surface area (Å²) in [6, 6.07) is 27.5. The Bertz CT molecular complexity index is 1380. The summed E-state index contributed by atoms with van der Waals surface area (Å²) < 4.78 is 1.84. The van der Waals surface area contributed by atoms with Crippen molar-refractivity contribution in [2.45, 2.75) is 6.92 Å². The number of benzene rings is 3. The van der Waals surface area contributed by atoms with Crippen molar-refractivity contribution in [3.8, 4) is 22.4 Å². The van der Waals surface area contributed by atoms with Gasteiger partial charge in [-0.3, -0.25) is 0 Å². The third-order valence-electron chi connectivity index (χ3n) is 5.06. The molecule has 0 atom stereocenters. The lowest BCUT2D eigenvalue weighted by Gasteiger charge is -2.12. The molecule has 0 bridgehead atoms. The molecule has 0 aliphatic heterocycles. The molecule has 1 N–H and O–H groups in total. The van der Waals surface area contributed by atoms with Crippen LogP contribution in [0.25, 0.3) is 28.0 Å². The highest BCUT2D eigenvalue weighted by atomic mass is 35.5. The van der Waals surface area contributed by atoms with Crippen LogP contribution in [0, 0.1) is 6.92 Å². The highest BCUT2D eigenvalue weighted by Crippen LogP contribution is 2.33. The van der Waals surface area contributed by atoms with Crippen LogP contribution in [0.4, 0.5) is 11.5 Å². The molecule has 0 amide bonds. The fraction of sp³-hybridized carbons (Fsp3) is 0.0400. The van der Waals surface area contributed by atoms with Crippen LogP contribution in [-0.4, -0.2) is 14.6 Å². The Morgan fingerprint density at radius 2 is 1.55 bits per heavy atom. The van der Waals surface area contributed by atoms with Gasteiger partial charge in [-0.1, -0.05) is 71.7 Å². The molecule has 0 aliphatic carbocycles. The fourth-order valence-electron chi connectivity index (χ4n) is 3.64. The lowest BCUT2D eigenvalue weighted by atomic mass is 10.1. The van der Waals surface area contributed by atoms with Crippen LogP contribution in [-0.2, 0) is 0 Å². The highest BCUT2D eigenvalue weighted by molar-refractivity contribution is 6.31. The Morgan fingerprint density at radius 3 is 2.29 bits per heavy atom. The summed E-state index contributed by atoms with van der Waals surface area (Å²) in [5.74, 6) is 0.800. The molecule has 5 aromatic rings. The van der Waals surface area contributed by atoms with Crippen molar-refractivity contribution >= 4 is 40.4 Å². The molecule has 2 aromatic heterocycles. The van der Waals surface area contributed by atoms with E-state index in [1.165, 1.54) is 0 Å². The van der Waals surface area contributed by atoms with E-state index in [0.717, 1.165) is 45.2 Å². The summed E-state index contributed by atoms with van der Waals surface area (Å²) in [5.41, 5.74) is 6.40. The number of hydrogen-bond donors (Lipinski definition) is 1. The topological polar surface area (TPSA) is 42.2 Å². The zero-order chi connectivity index (χ0) is 21.4. The SMILES string of the molecule is Cc1nn2c(Nc3cccc(Cl)c3)cc(-c3ccccc3)nc2c1-c1ccc(Cl)cc1. The molecule has 0 saturated carbocycles. The first kappa shape index (κ1) is 19.6. The Balaban J connectivity index is 1.75. The Labute approximate surface area is 190 Å². The number of aryl methyl sites for hydroxylation is 1. The minimum atomic E-state index is 0.664. The molecular formula is C25H18Cl2N4. The van der Waals surface area contributed by atoms with Crippen molar-refractivity contribution in [1.29, 1.82) is 0 Å². The molecule has 2 heterocycles. The average Bonchev–Trinajstić information content (AvgIpc) is 3.11. The van der Waals surface area contributed by atoms with Gasteiger partial charge in [0.2, 0.25) is 0 Å². The van der Waals surface area contributed by atoms with Gasteiger partial charge in [0.05, 0.1) is 11.4 Å². The maximum absolute atomic E-state index is 6.19. The predicted molar refractivity (Wildman–Crippen MR) is 128 cm³/mol. The number of nitrogens with one attached hydrogen (secondary N) is 1. The van der Waals surface area contributed by atoms with Crippen LogP contribution >= 0.6 is 23.2 Å².